The van der Waals surface area contributed by atoms with Crippen LogP contribution in [0.4, 0.5) is 0 Å². The number of nitrogens with zero attached hydrogens (tertiary/aromatic N) is 1. The van der Waals surface area contributed by atoms with Gasteiger partial charge in [0, 0.05) is 12.1 Å². The van der Waals surface area contributed by atoms with Crippen LogP contribution in [0, 0.1) is 0 Å². The van der Waals surface area contributed by atoms with E-state index in [1.54, 1.807) is 6.07 Å². The molecule has 1 aromatic heterocycles. The molecule has 98 valence electrons. The Morgan fingerprint density at radius 1 is 1.22 bits per heavy atom. The number of carboxylic acids is 1. The molecule has 0 saturated carbocycles. The number of likely N-dealkylation sites (tertiary alicyclic amines) is 1. The Hall–Kier alpha value is -1.36. The summed E-state index contributed by atoms with van der Waals surface area (Å²) in [6.07, 6.45) is 3.19. The number of hydrogen-bond acceptors (Lipinski definition) is 3. The Morgan fingerprint density at radius 3 is 2.28 bits per heavy atom. The molecule has 1 aliphatic heterocycles. The first-order valence-corrected chi connectivity index (χ1v) is 6.98. The number of hydrogen-bond donors (Lipinski definition) is 1. The Balaban J connectivity index is 2.21. The van der Waals surface area contributed by atoms with Gasteiger partial charge in [-0.15, -0.1) is 11.3 Å². The predicted octanol–water partition coefficient (Wildman–Crippen LogP) is 2.85. The highest BCUT2D eigenvalue weighted by atomic mass is 32.1. The second kappa shape index (κ2) is 5.10. The zero-order valence-electron chi connectivity index (χ0n) is 10.5. The summed E-state index contributed by atoms with van der Waals surface area (Å²) in [6.45, 7) is 4.11. The maximum atomic E-state index is 12.4. The molecule has 1 saturated heterocycles. The molecular weight excluding hydrogens is 250 g/mol. The summed E-state index contributed by atoms with van der Waals surface area (Å²) < 4.78 is 0. The summed E-state index contributed by atoms with van der Waals surface area (Å²) in [6, 6.07) is 3.58. The lowest BCUT2D eigenvalue weighted by Gasteiger charge is -2.38. The minimum Gasteiger partial charge on any atom is -0.477 e. The average Bonchev–Trinajstić information content (AvgIpc) is 2.77. The first-order chi connectivity index (χ1) is 8.50. The molecule has 0 aromatic carbocycles. The van der Waals surface area contributed by atoms with E-state index >= 15 is 0 Å². The van der Waals surface area contributed by atoms with Crippen LogP contribution in [0.3, 0.4) is 0 Å². The van der Waals surface area contributed by atoms with E-state index in [-0.39, 0.29) is 22.9 Å². The van der Waals surface area contributed by atoms with Crippen LogP contribution in [-0.4, -0.2) is 34.0 Å². The smallest absolute Gasteiger partial charge is 0.345 e. The molecule has 1 aliphatic rings. The van der Waals surface area contributed by atoms with Gasteiger partial charge in [0.1, 0.15) is 4.88 Å². The van der Waals surface area contributed by atoms with Crippen LogP contribution in [0.1, 0.15) is 52.5 Å². The molecule has 2 atom stereocenters. The van der Waals surface area contributed by atoms with Crippen LogP contribution >= 0.6 is 11.3 Å². The lowest BCUT2D eigenvalue weighted by Crippen LogP contribution is -2.47. The van der Waals surface area contributed by atoms with E-state index in [4.69, 9.17) is 5.11 Å². The van der Waals surface area contributed by atoms with Gasteiger partial charge in [-0.05, 0) is 45.2 Å². The molecular formula is C13H17NO3S. The molecule has 0 radical (unpaired) electrons. The summed E-state index contributed by atoms with van der Waals surface area (Å²) >= 11 is 1.06. The van der Waals surface area contributed by atoms with Crippen LogP contribution in [0.15, 0.2) is 12.1 Å². The van der Waals surface area contributed by atoms with Gasteiger partial charge in [0.15, 0.2) is 0 Å². The van der Waals surface area contributed by atoms with Crippen molar-refractivity contribution in [2.45, 2.75) is 45.2 Å². The SMILES string of the molecule is CC1CCCC(C)N1C(=O)c1ccc(C(=O)O)s1. The van der Waals surface area contributed by atoms with Gasteiger partial charge in [0.2, 0.25) is 0 Å². The van der Waals surface area contributed by atoms with Crippen molar-refractivity contribution in [2.24, 2.45) is 0 Å². The van der Waals surface area contributed by atoms with Gasteiger partial charge < -0.3 is 10.0 Å². The fraction of sp³-hybridized carbons (Fsp3) is 0.538. The number of rotatable bonds is 2. The van der Waals surface area contributed by atoms with Crippen molar-refractivity contribution in [1.82, 2.24) is 4.90 Å². The minimum atomic E-state index is -0.973. The van der Waals surface area contributed by atoms with Crippen molar-refractivity contribution in [2.75, 3.05) is 0 Å². The number of thiophene rings is 1. The highest BCUT2D eigenvalue weighted by molar-refractivity contribution is 7.15. The molecule has 1 amide bonds. The third-order valence-electron chi connectivity index (χ3n) is 3.46. The van der Waals surface area contributed by atoms with Crippen LogP contribution in [0.2, 0.25) is 0 Å². The van der Waals surface area contributed by atoms with Gasteiger partial charge in [-0.1, -0.05) is 0 Å². The fourth-order valence-electron chi connectivity index (χ4n) is 2.52. The van der Waals surface area contributed by atoms with Crippen molar-refractivity contribution >= 4 is 23.2 Å². The van der Waals surface area contributed by atoms with Crippen molar-refractivity contribution in [1.29, 1.82) is 0 Å². The molecule has 2 heterocycles. The number of carbonyl (C=O) groups is 2. The quantitative estimate of drug-likeness (QED) is 0.896. The third kappa shape index (κ3) is 2.41. The van der Waals surface area contributed by atoms with Crippen LogP contribution in [0.5, 0.6) is 0 Å². The molecule has 0 bridgehead atoms. The number of piperidine rings is 1. The van der Waals surface area contributed by atoms with Gasteiger partial charge >= 0.3 is 5.97 Å². The van der Waals surface area contributed by atoms with Crippen LogP contribution in [0.25, 0.3) is 0 Å². The lowest BCUT2D eigenvalue weighted by molar-refractivity contribution is 0.0515. The molecule has 2 rings (SSSR count). The van der Waals surface area contributed by atoms with Gasteiger partial charge in [0.05, 0.1) is 4.88 Å². The van der Waals surface area contributed by atoms with Crippen LogP contribution in [-0.2, 0) is 0 Å². The van der Waals surface area contributed by atoms with Gasteiger partial charge in [-0.2, -0.15) is 0 Å². The maximum Gasteiger partial charge on any atom is 0.345 e. The molecule has 4 nitrogen and oxygen atoms in total. The molecule has 0 aliphatic carbocycles. The van der Waals surface area contributed by atoms with E-state index in [0.29, 0.717) is 4.88 Å². The number of amides is 1. The first kappa shape index (κ1) is 13.1. The zero-order chi connectivity index (χ0) is 13.3. The second-order valence-corrected chi connectivity index (χ2v) is 5.89. The van der Waals surface area contributed by atoms with Crippen molar-refractivity contribution < 1.29 is 14.7 Å². The molecule has 18 heavy (non-hydrogen) atoms. The van der Waals surface area contributed by atoms with E-state index in [1.165, 1.54) is 6.07 Å². The van der Waals surface area contributed by atoms with Gasteiger partial charge in [0.25, 0.3) is 5.91 Å². The molecule has 2 unspecified atom stereocenters. The maximum absolute atomic E-state index is 12.4. The van der Waals surface area contributed by atoms with Crippen molar-refractivity contribution in [3.63, 3.8) is 0 Å². The lowest BCUT2D eigenvalue weighted by atomic mass is 9.97. The summed E-state index contributed by atoms with van der Waals surface area (Å²) in [5.74, 6) is -1.01. The number of carboxylic acid groups (broad SMARTS) is 1. The summed E-state index contributed by atoms with van der Waals surface area (Å²) in [7, 11) is 0. The normalized spacial score (nSPS) is 24.0. The Kier molecular flexibility index (Phi) is 3.71. The molecule has 1 aromatic rings. The van der Waals surface area contributed by atoms with E-state index in [9.17, 15) is 9.59 Å². The average molecular weight is 267 g/mol. The Morgan fingerprint density at radius 2 is 1.78 bits per heavy atom. The van der Waals surface area contributed by atoms with E-state index in [1.807, 2.05) is 4.90 Å². The second-order valence-electron chi connectivity index (χ2n) is 4.81. The van der Waals surface area contributed by atoms with Crippen LogP contribution < -0.4 is 0 Å². The summed E-state index contributed by atoms with van der Waals surface area (Å²) in [5, 5.41) is 8.88. The molecule has 0 spiro atoms. The topological polar surface area (TPSA) is 57.6 Å². The molecule has 5 heteroatoms. The Bertz CT molecular complexity index is 459. The highest BCUT2D eigenvalue weighted by Gasteiger charge is 2.30. The largest absolute Gasteiger partial charge is 0.477 e. The van der Waals surface area contributed by atoms with Crippen molar-refractivity contribution in [3.05, 3.63) is 21.9 Å². The number of carbonyl (C=O) groups excluding carboxylic acids is 1. The summed E-state index contributed by atoms with van der Waals surface area (Å²) in [4.78, 5) is 25.9. The molecule has 1 N–H and O–H groups in total. The predicted molar refractivity (Wildman–Crippen MR) is 70.2 cm³/mol. The molecule has 1 fully saturated rings. The van der Waals surface area contributed by atoms with E-state index in [0.717, 1.165) is 30.6 Å². The fourth-order valence-corrected chi connectivity index (χ4v) is 3.31. The van der Waals surface area contributed by atoms with Gasteiger partial charge in [-0.25, -0.2) is 4.79 Å². The first-order valence-electron chi connectivity index (χ1n) is 6.16. The number of aromatic carboxylic acids is 1. The Labute approximate surface area is 110 Å². The van der Waals surface area contributed by atoms with E-state index in [2.05, 4.69) is 13.8 Å². The standard InChI is InChI=1S/C13H17NO3S/c1-8-4-3-5-9(2)14(8)12(15)10-6-7-11(18-10)13(16)17/h6-9H,3-5H2,1-2H3,(H,16,17). The summed E-state index contributed by atoms with van der Waals surface area (Å²) in [5.41, 5.74) is 0. The zero-order valence-corrected chi connectivity index (χ0v) is 11.4. The van der Waals surface area contributed by atoms with E-state index < -0.39 is 5.97 Å². The monoisotopic (exact) mass is 267 g/mol. The van der Waals surface area contributed by atoms with Gasteiger partial charge in [-0.3, -0.25) is 4.79 Å². The van der Waals surface area contributed by atoms with Crippen molar-refractivity contribution in [3.8, 4) is 0 Å². The third-order valence-corrected chi connectivity index (χ3v) is 4.52. The highest BCUT2D eigenvalue weighted by Crippen LogP contribution is 2.27. The minimum absolute atomic E-state index is 0.0350.